The largest absolute Gasteiger partial charge is 0.325 e. The highest BCUT2D eigenvalue weighted by Gasteiger charge is 2.20. The summed E-state index contributed by atoms with van der Waals surface area (Å²) in [7, 11) is 0. The number of amides is 1. The Labute approximate surface area is 195 Å². The van der Waals surface area contributed by atoms with Crippen molar-refractivity contribution in [1.29, 1.82) is 5.26 Å². The van der Waals surface area contributed by atoms with Gasteiger partial charge in [0.2, 0.25) is 5.91 Å². The van der Waals surface area contributed by atoms with Crippen LogP contribution in [0.2, 0.25) is 0 Å². The molecule has 0 saturated heterocycles. The predicted octanol–water partition coefficient (Wildman–Crippen LogP) is 4.99. The second-order valence-electron chi connectivity index (χ2n) is 7.76. The molecule has 0 spiro atoms. The number of thioether (sulfide) groups is 1. The number of nitrogens with one attached hydrogen (secondary N) is 1. The number of benzene rings is 3. The Hall–Kier alpha value is -3.89. The predicted molar refractivity (Wildman–Crippen MR) is 132 cm³/mol. The molecule has 6 nitrogen and oxygen atoms in total. The fourth-order valence-electron chi connectivity index (χ4n) is 3.37. The molecule has 1 N–H and O–H groups in total. The molecule has 4 rings (SSSR count). The van der Waals surface area contributed by atoms with Gasteiger partial charge in [-0.1, -0.05) is 30.0 Å². The molecular weight excluding hydrogens is 432 g/mol. The lowest BCUT2D eigenvalue weighted by molar-refractivity contribution is -0.115. The van der Waals surface area contributed by atoms with Crippen LogP contribution in [0, 0.1) is 25.2 Å². The summed E-state index contributed by atoms with van der Waals surface area (Å²) < 4.78 is 1.57. The molecule has 1 atom stereocenters. The first kappa shape index (κ1) is 22.3. The fourth-order valence-corrected chi connectivity index (χ4v) is 4.29. The van der Waals surface area contributed by atoms with Crippen molar-refractivity contribution in [3.05, 3.63) is 93.8 Å². The molecule has 3 aromatic carbocycles. The Morgan fingerprint density at radius 1 is 1.06 bits per heavy atom. The number of nitriles is 1. The summed E-state index contributed by atoms with van der Waals surface area (Å²) in [5.74, 6) is -0.223. The van der Waals surface area contributed by atoms with Crippen molar-refractivity contribution in [2.24, 2.45) is 0 Å². The van der Waals surface area contributed by atoms with Crippen molar-refractivity contribution < 1.29 is 4.79 Å². The molecule has 164 valence electrons. The van der Waals surface area contributed by atoms with E-state index in [2.05, 4.69) is 11.4 Å². The number of hydrogen-bond acceptors (Lipinski definition) is 5. The van der Waals surface area contributed by atoms with Gasteiger partial charge in [0.1, 0.15) is 0 Å². The molecule has 0 radical (unpaired) electrons. The van der Waals surface area contributed by atoms with Crippen LogP contribution in [-0.2, 0) is 4.79 Å². The lowest BCUT2D eigenvalue weighted by Crippen LogP contribution is -2.26. The maximum atomic E-state index is 13.4. The van der Waals surface area contributed by atoms with Crippen molar-refractivity contribution in [2.75, 3.05) is 5.32 Å². The molecule has 33 heavy (non-hydrogen) atoms. The van der Waals surface area contributed by atoms with E-state index >= 15 is 0 Å². The fraction of sp³-hybridized carbons (Fsp3) is 0.154. The van der Waals surface area contributed by atoms with Crippen LogP contribution in [0.3, 0.4) is 0 Å². The normalized spacial score (nSPS) is 11.7. The highest BCUT2D eigenvalue weighted by Crippen LogP contribution is 2.26. The average molecular weight is 455 g/mol. The first-order chi connectivity index (χ1) is 15.9. The first-order valence-electron chi connectivity index (χ1n) is 10.4. The van der Waals surface area contributed by atoms with E-state index in [1.807, 2.05) is 44.2 Å². The van der Waals surface area contributed by atoms with E-state index in [1.54, 1.807) is 47.9 Å². The Morgan fingerprint density at radius 3 is 2.48 bits per heavy atom. The molecule has 4 aromatic rings. The van der Waals surface area contributed by atoms with E-state index in [9.17, 15) is 9.59 Å². The van der Waals surface area contributed by atoms with Crippen molar-refractivity contribution in [3.63, 3.8) is 0 Å². The van der Waals surface area contributed by atoms with Crippen LogP contribution in [-0.4, -0.2) is 20.7 Å². The third kappa shape index (κ3) is 4.66. The van der Waals surface area contributed by atoms with Gasteiger partial charge in [-0.25, -0.2) is 4.98 Å². The van der Waals surface area contributed by atoms with Gasteiger partial charge in [0.25, 0.3) is 5.56 Å². The zero-order valence-corrected chi connectivity index (χ0v) is 19.3. The minimum Gasteiger partial charge on any atom is -0.325 e. The van der Waals surface area contributed by atoms with E-state index in [4.69, 9.17) is 10.2 Å². The average Bonchev–Trinajstić information content (AvgIpc) is 2.82. The zero-order chi connectivity index (χ0) is 23.5. The second-order valence-corrected chi connectivity index (χ2v) is 9.07. The molecule has 7 heteroatoms. The molecule has 1 amide bonds. The SMILES string of the molecule is Cc1ccc(-n2c(SC(C)C(=O)Nc3ccc(C#N)cc3)nc3ccccc3c2=O)cc1C. The van der Waals surface area contributed by atoms with Gasteiger partial charge < -0.3 is 5.32 Å². The Morgan fingerprint density at radius 2 is 1.79 bits per heavy atom. The van der Waals surface area contributed by atoms with E-state index in [0.717, 1.165) is 11.1 Å². The van der Waals surface area contributed by atoms with Crippen LogP contribution in [0.5, 0.6) is 0 Å². The van der Waals surface area contributed by atoms with Gasteiger partial charge in [-0.05, 0) is 80.4 Å². The number of rotatable bonds is 5. The number of anilines is 1. The van der Waals surface area contributed by atoms with E-state index in [0.29, 0.717) is 33.0 Å². The quantitative estimate of drug-likeness (QED) is 0.339. The van der Waals surface area contributed by atoms with Gasteiger partial charge in [-0.15, -0.1) is 0 Å². The van der Waals surface area contributed by atoms with E-state index in [1.165, 1.54) is 11.8 Å². The molecule has 0 saturated carbocycles. The number of para-hydroxylation sites is 1. The topological polar surface area (TPSA) is 87.8 Å². The third-order valence-electron chi connectivity index (χ3n) is 5.43. The number of hydrogen-bond donors (Lipinski definition) is 1. The minimum absolute atomic E-state index is 0.175. The molecule has 0 fully saturated rings. The molecule has 1 aromatic heterocycles. The molecule has 1 unspecified atom stereocenters. The zero-order valence-electron chi connectivity index (χ0n) is 18.5. The second kappa shape index (κ2) is 9.31. The number of fused-ring (bicyclic) bond motifs is 1. The molecule has 1 heterocycles. The van der Waals surface area contributed by atoms with E-state index < -0.39 is 5.25 Å². The third-order valence-corrected chi connectivity index (χ3v) is 6.48. The van der Waals surface area contributed by atoms with Crippen LogP contribution in [0.25, 0.3) is 16.6 Å². The lowest BCUT2D eigenvalue weighted by atomic mass is 10.1. The summed E-state index contributed by atoms with van der Waals surface area (Å²) in [6, 6.07) is 21.8. The van der Waals surface area contributed by atoms with Crippen molar-refractivity contribution in [2.45, 2.75) is 31.2 Å². The molecule has 0 aliphatic heterocycles. The standard InChI is InChI=1S/C26H22N4O2S/c1-16-8-13-21(14-17(16)2)30-25(32)22-6-4-5-7-23(22)29-26(30)33-18(3)24(31)28-20-11-9-19(15-27)10-12-20/h4-14,18H,1-3H3,(H,28,31). The maximum Gasteiger partial charge on any atom is 0.266 e. The van der Waals surface area contributed by atoms with Gasteiger partial charge in [0.15, 0.2) is 5.16 Å². The van der Waals surface area contributed by atoms with Gasteiger partial charge in [-0.2, -0.15) is 5.26 Å². The van der Waals surface area contributed by atoms with Crippen LogP contribution in [0.1, 0.15) is 23.6 Å². The first-order valence-corrected chi connectivity index (χ1v) is 11.3. The molecule has 0 bridgehead atoms. The smallest absolute Gasteiger partial charge is 0.266 e. The number of nitrogens with zero attached hydrogens (tertiary/aromatic N) is 3. The lowest BCUT2D eigenvalue weighted by Gasteiger charge is -2.17. The van der Waals surface area contributed by atoms with Gasteiger partial charge in [0, 0.05) is 5.69 Å². The maximum absolute atomic E-state index is 13.4. The van der Waals surface area contributed by atoms with Gasteiger partial charge >= 0.3 is 0 Å². The summed E-state index contributed by atoms with van der Waals surface area (Å²) in [6.07, 6.45) is 0. The highest BCUT2D eigenvalue weighted by atomic mass is 32.2. The number of aryl methyl sites for hydroxylation is 2. The summed E-state index contributed by atoms with van der Waals surface area (Å²) in [4.78, 5) is 31.0. The molecular formula is C26H22N4O2S. The Balaban J connectivity index is 1.71. The Kier molecular flexibility index (Phi) is 6.29. The minimum atomic E-state index is -0.522. The number of carbonyl (C=O) groups excluding carboxylic acids is 1. The van der Waals surface area contributed by atoms with Gasteiger partial charge in [0.05, 0.1) is 33.5 Å². The van der Waals surface area contributed by atoms with Crippen LogP contribution < -0.4 is 10.9 Å². The number of carbonyl (C=O) groups is 1. The van der Waals surface area contributed by atoms with E-state index in [-0.39, 0.29) is 11.5 Å². The Bertz CT molecular complexity index is 1450. The van der Waals surface area contributed by atoms with Crippen LogP contribution in [0.15, 0.2) is 76.7 Å². The monoisotopic (exact) mass is 454 g/mol. The van der Waals surface area contributed by atoms with Gasteiger partial charge in [-0.3, -0.25) is 14.2 Å². The summed E-state index contributed by atoms with van der Waals surface area (Å²) in [6.45, 7) is 5.79. The summed E-state index contributed by atoms with van der Waals surface area (Å²) in [5, 5.41) is 12.2. The molecule has 0 aliphatic carbocycles. The van der Waals surface area contributed by atoms with Crippen LogP contribution >= 0.6 is 11.8 Å². The van der Waals surface area contributed by atoms with Crippen molar-refractivity contribution in [1.82, 2.24) is 9.55 Å². The summed E-state index contributed by atoms with van der Waals surface area (Å²) >= 11 is 1.23. The highest BCUT2D eigenvalue weighted by molar-refractivity contribution is 8.00. The van der Waals surface area contributed by atoms with Crippen molar-refractivity contribution in [3.8, 4) is 11.8 Å². The van der Waals surface area contributed by atoms with Crippen molar-refractivity contribution >= 4 is 34.3 Å². The summed E-state index contributed by atoms with van der Waals surface area (Å²) in [5.41, 5.74) is 4.44. The van der Waals surface area contributed by atoms with Crippen LogP contribution in [0.4, 0.5) is 5.69 Å². The number of aromatic nitrogens is 2. The molecule has 0 aliphatic rings.